The largest absolute Gasteiger partial charge is 0.490 e. The molecule has 0 spiro atoms. The van der Waals surface area contributed by atoms with Gasteiger partial charge in [0.1, 0.15) is 11.3 Å². The van der Waals surface area contributed by atoms with Gasteiger partial charge in [0.2, 0.25) is 5.82 Å². The molecule has 0 bridgehead atoms. The Bertz CT molecular complexity index is 1720. The van der Waals surface area contributed by atoms with Crippen LogP contribution < -0.4 is 10.3 Å². The first-order valence-corrected chi connectivity index (χ1v) is 11.4. The third kappa shape index (κ3) is 4.44. The summed E-state index contributed by atoms with van der Waals surface area (Å²) >= 11 is 6.12. The highest BCUT2D eigenvalue weighted by molar-refractivity contribution is 6.31. The van der Waals surface area contributed by atoms with Crippen molar-refractivity contribution in [3.8, 4) is 17.3 Å². The van der Waals surface area contributed by atoms with Gasteiger partial charge < -0.3 is 9.15 Å². The zero-order valence-electron chi connectivity index (χ0n) is 19.2. The van der Waals surface area contributed by atoms with E-state index in [0.717, 1.165) is 10.1 Å². The monoisotopic (exact) mass is 502 g/mol. The van der Waals surface area contributed by atoms with Crippen molar-refractivity contribution in [3.63, 3.8) is 0 Å². The van der Waals surface area contributed by atoms with E-state index in [-0.39, 0.29) is 17.6 Å². The van der Waals surface area contributed by atoms with E-state index in [9.17, 15) is 14.9 Å². The lowest BCUT2D eigenvalue weighted by Gasteiger charge is -2.12. The van der Waals surface area contributed by atoms with Crippen LogP contribution in [0.3, 0.4) is 0 Å². The SMILES string of the molecule is CC(C)Oc1ccc([N+](=O)[O-])cc1C=Nn1c(-c2cc3cc(Cl)ccc3o2)nc2ccccc2c1=O. The van der Waals surface area contributed by atoms with Crippen molar-refractivity contribution in [2.75, 3.05) is 0 Å². The minimum atomic E-state index is -0.509. The number of para-hydroxylation sites is 1. The van der Waals surface area contributed by atoms with E-state index < -0.39 is 10.5 Å². The highest BCUT2D eigenvalue weighted by Crippen LogP contribution is 2.29. The van der Waals surface area contributed by atoms with Crippen LogP contribution in [0.1, 0.15) is 19.4 Å². The molecule has 9 nitrogen and oxygen atoms in total. The molecule has 2 heterocycles. The average Bonchev–Trinajstić information content (AvgIpc) is 3.26. The molecule has 3 aromatic carbocycles. The van der Waals surface area contributed by atoms with Crippen molar-refractivity contribution >= 4 is 45.4 Å². The molecule has 5 aromatic rings. The number of aromatic nitrogens is 2. The van der Waals surface area contributed by atoms with Crippen LogP contribution >= 0.6 is 11.6 Å². The van der Waals surface area contributed by atoms with Crippen LogP contribution in [0.5, 0.6) is 5.75 Å². The van der Waals surface area contributed by atoms with Gasteiger partial charge in [0.15, 0.2) is 5.76 Å². The minimum Gasteiger partial charge on any atom is -0.490 e. The molecule has 0 N–H and O–H groups in total. The number of hydrogen-bond donors (Lipinski definition) is 0. The summed E-state index contributed by atoms with van der Waals surface area (Å²) in [5.74, 6) is 0.866. The fourth-order valence-electron chi connectivity index (χ4n) is 3.75. The summed E-state index contributed by atoms with van der Waals surface area (Å²) in [6.45, 7) is 3.68. The van der Waals surface area contributed by atoms with Crippen LogP contribution in [-0.2, 0) is 0 Å². The third-order valence-electron chi connectivity index (χ3n) is 5.33. The van der Waals surface area contributed by atoms with E-state index in [1.54, 1.807) is 48.5 Å². The number of furan rings is 1. The van der Waals surface area contributed by atoms with Gasteiger partial charge in [0, 0.05) is 28.1 Å². The molecular weight excluding hydrogens is 484 g/mol. The van der Waals surface area contributed by atoms with Gasteiger partial charge >= 0.3 is 0 Å². The number of non-ortho nitro benzene ring substituents is 1. The number of nitro groups is 1. The summed E-state index contributed by atoms with van der Waals surface area (Å²) in [5.41, 5.74) is 0.813. The van der Waals surface area contributed by atoms with Gasteiger partial charge in [-0.25, -0.2) is 4.98 Å². The molecular formula is C26H19ClN4O5. The second-order valence-electron chi connectivity index (χ2n) is 8.25. The van der Waals surface area contributed by atoms with E-state index >= 15 is 0 Å². The fourth-order valence-corrected chi connectivity index (χ4v) is 3.93. The number of halogens is 1. The molecule has 36 heavy (non-hydrogen) atoms. The van der Waals surface area contributed by atoms with Crippen LogP contribution in [0.2, 0.25) is 5.02 Å². The summed E-state index contributed by atoms with van der Waals surface area (Å²) < 4.78 is 12.9. The lowest BCUT2D eigenvalue weighted by Crippen LogP contribution is -2.20. The molecule has 0 amide bonds. The first-order valence-electron chi connectivity index (χ1n) is 11.0. The van der Waals surface area contributed by atoms with Gasteiger partial charge in [0.05, 0.1) is 28.1 Å². The number of rotatable bonds is 6. The Balaban J connectivity index is 1.71. The summed E-state index contributed by atoms with van der Waals surface area (Å²) in [6, 6.07) is 18.0. The van der Waals surface area contributed by atoms with Gasteiger partial charge in [-0.1, -0.05) is 23.7 Å². The maximum Gasteiger partial charge on any atom is 0.282 e. The van der Waals surface area contributed by atoms with Crippen molar-refractivity contribution < 1.29 is 14.1 Å². The first kappa shape index (κ1) is 23.3. The standard InChI is InChI=1S/C26H19ClN4O5/c1-15(2)35-23-10-8-19(31(33)34)12-17(23)14-28-30-25(29-21-6-4-3-5-20(21)26(30)32)24-13-16-11-18(27)7-9-22(16)36-24/h3-15H,1-2H3. The highest BCUT2D eigenvalue weighted by atomic mass is 35.5. The minimum absolute atomic E-state index is 0.133. The predicted molar refractivity (Wildman–Crippen MR) is 138 cm³/mol. The zero-order valence-corrected chi connectivity index (χ0v) is 20.0. The zero-order chi connectivity index (χ0) is 25.4. The molecule has 2 aromatic heterocycles. The number of nitro benzene ring substituents is 1. The smallest absolute Gasteiger partial charge is 0.282 e. The maximum atomic E-state index is 13.5. The molecule has 0 saturated heterocycles. The van der Waals surface area contributed by atoms with Crippen molar-refractivity contribution in [2.45, 2.75) is 20.0 Å². The Hall–Kier alpha value is -4.50. The Morgan fingerprint density at radius 1 is 1.14 bits per heavy atom. The van der Waals surface area contributed by atoms with Crippen molar-refractivity contribution in [1.29, 1.82) is 0 Å². The van der Waals surface area contributed by atoms with E-state index in [4.69, 9.17) is 20.8 Å². The molecule has 0 aliphatic carbocycles. The molecule has 0 aliphatic heterocycles. The summed E-state index contributed by atoms with van der Waals surface area (Å²) in [6.07, 6.45) is 1.16. The Kier molecular flexibility index (Phi) is 5.99. The molecule has 0 unspecified atom stereocenters. The first-order chi connectivity index (χ1) is 17.3. The van der Waals surface area contributed by atoms with Gasteiger partial charge in [-0.15, -0.1) is 0 Å². The van der Waals surface area contributed by atoms with Crippen molar-refractivity contribution in [1.82, 2.24) is 9.66 Å². The van der Waals surface area contributed by atoms with E-state index in [2.05, 4.69) is 10.1 Å². The second kappa shape index (κ2) is 9.27. The fraction of sp³-hybridized carbons (Fsp3) is 0.115. The molecule has 0 aliphatic rings. The van der Waals surface area contributed by atoms with Gasteiger partial charge in [-0.05, 0) is 56.3 Å². The van der Waals surface area contributed by atoms with Gasteiger partial charge in [0.25, 0.3) is 11.2 Å². The van der Waals surface area contributed by atoms with E-state index in [0.29, 0.717) is 38.6 Å². The maximum absolute atomic E-state index is 13.5. The third-order valence-corrected chi connectivity index (χ3v) is 5.57. The molecule has 10 heteroatoms. The average molecular weight is 503 g/mol. The van der Waals surface area contributed by atoms with Crippen LogP contribution in [-0.4, -0.2) is 26.9 Å². The molecule has 0 saturated carbocycles. The summed E-state index contributed by atoms with van der Waals surface area (Å²) in [5, 5.41) is 17.4. The van der Waals surface area contributed by atoms with E-state index in [1.807, 2.05) is 13.8 Å². The number of fused-ring (bicyclic) bond motifs is 2. The molecule has 0 fully saturated rings. The Morgan fingerprint density at radius 2 is 1.94 bits per heavy atom. The van der Waals surface area contributed by atoms with Gasteiger partial charge in [-0.3, -0.25) is 14.9 Å². The highest BCUT2D eigenvalue weighted by Gasteiger charge is 2.17. The van der Waals surface area contributed by atoms with Crippen molar-refractivity contribution in [2.24, 2.45) is 5.10 Å². The number of nitrogens with zero attached hydrogens (tertiary/aromatic N) is 4. The second-order valence-corrected chi connectivity index (χ2v) is 8.69. The van der Waals surface area contributed by atoms with Crippen LogP contribution in [0.15, 0.2) is 81.0 Å². The Labute approximate surface area is 209 Å². The van der Waals surface area contributed by atoms with E-state index in [1.165, 1.54) is 24.4 Å². The Morgan fingerprint density at radius 3 is 2.72 bits per heavy atom. The van der Waals surface area contributed by atoms with Crippen LogP contribution in [0, 0.1) is 10.1 Å². The number of ether oxygens (including phenoxy) is 1. The predicted octanol–water partition coefficient (Wildman–Crippen LogP) is 6.04. The number of hydrogen-bond acceptors (Lipinski definition) is 7. The molecule has 0 atom stereocenters. The number of benzene rings is 3. The summed E-state index contributed by atoms with van der Waals surface area (Å²) in [4.78, 5) is 28.9. The molecule has 0 radical (unpaired) electrons. The molecule has 180 valence electrons. The van der Waals surface area contributed by atoms with Gasteiger partial charge in [-0.2, -0.15) is 9.78 Å². The van der Waals surface area contributed by atoms with Crippen LogP contribution in [0.25, 0.3) is 33.5 Å². The van der Waals surface area contributed by atoms with Crippen molar-refractivity contribution in [3.05, 3.63) is 97.8 Å². The normalized spacial score (nSPS) is 11.7. The lowest BCUT2D eigenvalue weighted by molar-refractivity contribution is -0.384. The molecule has 5 rings (SSSR count). The summed E-state index contributed by atoms with van der Waals surface area (Å²) in [7, 11) is 0. The topological polar surface area (TPSA) is 113 Å². The quantitative estimate of drug-likeness (QED) is 0.159. The lowest BCUT2D eigenvalue weighted by atomic mass is 10.2. The van der Waals surface area contributed by atoms with Crippen LogP contribution in [0.4, 0.5) is 5.69 Å².